The van der Waals surface area contributed by atoms with Gasteiger partial charge in [0, 0.05) is 20.1 Å². The lowest BCUT2D eigenvalue weighted by Crippen LogP contribution is -2.58. The van der Waals surface area contributed by atoms with Gasteiger partial charge in [-0.2, -0.15) is 0 Å². The van der Waals surface area contributed by atoms with Gasteiger partial charge >= 0.3 is 5.97 Å². The summed E-state index contributed by atoms with van der Waals surface area (Å²) in [6, 6.07) is 0. The molecule has 0 saturated carbocycles. The molecule has 0 bridgehead atoms. The number of hydrogen-bond acceptors (Lipinski definition) is 8. The zero-order chi connectivity index (χ0) is 15.8. The lowest BCUT2D eigenvalue weighted by molar-refractivity contribution is -0.229. The van der Waals surface area contributed by atoms with Crippen LogP contribution in [0.4, 0.5) is 0 Å². The summed E-state index contributed by atoms with van der Waals surface area (Å²) >= 11 is 0. The van der Waals surface area contributed by atoms with E-state index in [1.807, 2.05) is 0 Å². The van der Waals surface area contributed by atoms with Crippen molar-refractivity contribution in [1.29, 1.82) is 0 Å². The van der Waals surface area contributed by atoms with Crippen LogP contribution in [0, 0.1) is 5.92 Å². The molecule has 2 N–H and O–H groups in total. The molecule has 0 aromatic heterocycles. The summed E-state index contributed by atoms with van der Waals surface area (Å²) in [4.78, 5) is 11.0. The summed E-state index contributed by atoms with van der Waals surface area (Å²) in [5.74, 6) is -0.959. The number of hydrogen-bond donors (Lipinski definition) is 2. The van der Waals surface area contributed by atoms with Crippen molar-refractivity contribution in [2.75, 3.05) is 47.8 Å². The van der Waals surface area contributed by atoms with E-state index in [4.69, 9.17) is 18.9 Å². The third kappa shape index (κ3) is 5.17. The van der Waals surface area contributed by atoms with Crippen LogP contribution in [0.15, 0.2) is 0 Å². The van der Waals surface area contributed by atoms with Gasteiger partial charge in [-0.15, -0.1) is 0 Å². The fourth-order valence-corrected chi connectivity index (χ4v) is 2.28. The van der Waals surface area contributed by atoms with Gasteiger partial charge in [-0.3, -0.25) is 0 Å². The van der Waals surface area contributed by atoms with Gasteiger partial charge in [0.15, 0.2) is 0 Å². The van der Waals surface area contributed by atoms with E-state index in [1.54, 1.807) is 0 Å². The Morgan fingerprint density at radius 1 is 1.00 bits per heavy atom. The van der Waals surface area contributed by atoms with E-state index < -0.39 is 36.3 Å². The molecule has 21 heavy (non-hydrogen) atoms. The molecular weight excluding hydrogens is 284 g/mol. The van der Waals surface area contributed by atoms with E-state index in [2.05, 4.69) is 4.74 Å². The maximum atomic E-state index is 11.0. The minimum Gasteiger partial charge on any atom is -0.467 e. The standard InChI is InChI=1S/C13H24O8/c1-17-4-8-9(6-20-7-11(14)19-3)21-10(5-18-2)13(16)12(8)15/h8-10,12-13,15-16H,4-7H2,1-3H3. The molecule has 1 saturated heterocycles. The number of esters is 1. The molecule has 0 aromatic carbocycles. The highest BCUT2D eigenvalue weighted by molar-refractivity contribution is 5.70. The number of aliphatic hydroxyl groups is 2. The van der Waals surface area contributed by atoms with Crippen LogP contribution in [0.1, 0.15) is 0 Å². The Kier molecular flexibility index (Phi) is 8.09. The molecule has 1 heterocycles. The zero-order valence-corrected chi connectivity index (χ0v) is 12.6. The van der Waals surface area contributed by atoms with Gasteiger partial charge in [0.05, 0.1) is 39.1 Å². The summed E-state index contributed by atoms with van der Waals surface area (Å²) in [6.45, 7) is 0.215. The second-order valence-electron chi connectivity index (χ2n) is 4.86. The SMILES string of the molecule is COCC1OC(COCC(=O)OC)C(COC)C(O)C1O. The fourth-order valence-electron chi connectivity index (χ4n) is 2.28. The molecule has 124 valence electrons. The Morgan fingerprint density at radius 2 is 1.67 bits per heavy atom. The first kappa shape index (κ1) is 18.3. The minimum atomic E-state index is -1.07. The lowest BCUT2D eigenvalue weighted by atomic mass is 9.87. The molecule has 8 nitrogen and oxygen atoms in total. The van der Waals surface area contributed by atoms with Crippen LogP contribution in [0.2, 0.25) is 0 Å². The summed E-state index contributed by atoms with van der Waals surface area (Å²) in [7, 11) is 4.24. The number of carbonyl (C=O) groups is 1. The molecule has 5 atom stereocenters. The monoisotopic (exact) mass is 308 g/mol. The quantitative estimate of drug-likeness (QED) is 0.526. The van der Waals surface area contributed by atoms with Crippen LogP contribution in [-0.2, 0) is 28.5 Å². The van der Waals surface area contributed by atoms with Gasteiger partial charge in [-0.05, 0) is 0 Å². The van der Waals surface area contributed by atoms with Crippen molar-refractivity contribution in [2.24, 2.45) is 5.92 Å². The second-order valence-corrected chi connectivity index (χ2v) is 4.86. The molecule has 1 aliphatic heterocycles. The highest BCUT2D eigenvalue weighted by atomic mass is 16.6. The molecule has 0 spiro atoms. The van der Waals surface area contributed by atoms with Crippen molar-refractivity contribution in [3.8, 4) is 0 Å². The summed E-state index contributed by atoms with van der Waals surface area (Å²) in [5, 5.41) is 20.2. The zero-order valence-electron chi connectivity index (χ0n) is 12.6. The molecule has 0 aliphatic carbocycles. The molecule has 8 heteroatoms. The van der Waals surface area contributed by atoms with Gasteiger partial charge < -0.3 is 33.9 Å². The van der Waals surface area contributed by atoms with Crippen molar-refractivity contribution in [3.63, 3.8) is 0 Å². The molecule has 1 rings (SSSR count). The second kappa shape index (κ2) is 9.29. The highest BCUT2D eigenvalue weighted by Gasteiger charge is 2.44. The first-order valence-electron chi connectivity index (χ1n) is 6.69. The highest BCUT2D eigenvalue weighted by Crippen LogP contribution is 2.27. The maximum absolute atomic E-state index is 11.0. The van der Waals surface area contributed by atoms with Crippen LogP contribution in [0.5, 0.6) is 0 Å². The van der Waals surface area contributed by atoms with E-state index in [0.717, 1.165) is 0 Å². The van der Waals surface area contributed by atoms with Crippen LogP contribution in [-0.4, -0.2) is 88.4 Å². The molecular formula is C13H24O8. The predicted octanol–water partition coefficient (Wildman–Crippen LogP) is -1.43. The first-order chi connectivity index (χ1) is 10.0. The summed E-state index contributed by atoms with van der Waals surface area (Å²) in [6.07, 6.45) is -3.27. The number of ether oxygens (including phenoxy) is 5. The van der Waals surface area contributed by atoms with Crippen molar-refractivity contribution < 1.29 is 38.7 Å². The van der Waals surface area contributed by atoms with Gasteiger partial charge in [0.25, 0.3) is 0 Å². The summed E-state index contributed by atoms with van der Waals surface area (Å²) in [5.41, 5.74) is 0. The third-order valence-corrected chi connectivity index (χ3v) is 3.42. The fraction of sp³-hybridized carbons (Fsp3) is 0.923. The molecule has 1 aliphatic rings. The number of aliphatic hydroxyl groups excluding tert-OH is 2. The normalized spacial score (nSPS) is 32.9. The van der Waals surface area contributed by atoms with Crippen LogP contribution in [0.3, 0.4) is 0 Å². The average Bonchev–Trinajstić information content (AvgIpc) is 2.48. The van der Waals surface area contributed by atoms with Gasteiger partial charge in [-0.25, -0.2) is 4.79 Å². The van der Waals surface area contributed by atoms with E-state index in [1.165, 1.54) is 21.3 Å². The van der Waals surface area contributed by atoms with Gasteiger partial charge in [-0.1, -0.05) is 0 Å². The van der Waals surface area contributed by atoms with Crippen molar-refractivity contribution >= 4 is 5.97 Å². The average molecular weight is 308 g/mol. The topological polar surface area (TPSA) is 104 Å². The Hall–Kier alpha value is -0.770. The predicted molar refractivity (Wildman–Crippen MR) is 70.8 cm³/mol. The van der Waals surface area contributed by atoms with Crippen LogP contribution in [0.25, 0.3) is 0 Å². The molecule has 0 aromatic rings. The smallest absolute Gasteiger partial charge is 0.331 e. The van der Waals surface area contributed by atoms with E-state index in [9.17, 15) is 15.0 Å². The van der Waals surface area contributed by atoms with Crippen LogP contribution >= 0.6 is 0 Å². The molecule has 0 radical (unpaired) electrons. The number of methoxy groups -OCH3 is 3. The molecule has 0 amide bonds. The van der Waals surface area contributed by atoms with Crippen molar-refractivity contribution in [3.05, 3.63) is 0 Å². The Morgan fingerprint density at radius 3 is 2.24 bits per heavy atom. The Balaban J connectivity index is 2.63. The maximum Gasteiger partial charge on any atom is 0.331 e. The largest absolute Gasteiger partial charge is 0.467 e. The number of carbonyl (C=O) groups excluding carboxylic acids is 1. The van der Waals surface area contributed by atoms with E-state index in [0.29, 0.717) is 0 Å². The minimum absolute atomic E-state index is 0.0765. The Bertz CT molecular complexity index is 311. The van der Waals surface area contributed by atoms with Crippen molar-refractivity contribution in [2.45, 2.75) is 24.4 Å². The van der Waals surface area contributed by atoms with Crippen molar-refractivity contribution in [1.82, 2.24) is 0 Å². The first-order valence-corrected chi connectivity index (χ1v) is 6.69. The Labute approximate surface area is 123 Å². The third-order valence-electron chi connectivity index (χ3n) is 3.42. The lowest BCUT2D eigenvalue weighted by Gasteiger charge is -2.42. The molecule has 5 unspecified atom stereocenters. The summed E-state index contributed by atoms with van der Waals surface area (Å²) < 4.78 is 25.4. The van der Waals surface area contributed by atoms with Crippen LogP contribution < -0.4 is 0 Å². The van der Waals surface area contributed by atoms with Gasteiger partial charge in [0.2, 0.25) is 0 Å². The van der Waals surface area contributed by atoms with Gasteiger partial charge in [0.1, 0.15) is 18.8 Å². The van der Waals surface area contributed by atoms with E-state index >= 15 is 0 Å². The molecule has 1 fully saturated rings. The van der Waals surface area contributed by atoms with E-state index in [-0.39, 0.29) is 26.4 Å². The number of rotatable bonds is 8.